The number of hydrogen-bond donors (Lipinski definition) is 3. The van der Waals surface area contributed by atoms with E-state index >= 15 is 0 Å². The first-order chi connectivity index (χ1) is 7.67. The summed E-state index contributed by atoms with van der Waals surface area (Å²) in [6.45, 7) is 17.4. The fourth-order valence-corrected chi connectivity index (χ4v) is 13.7. The van der Waals surface area contributed by atoms with Gasteiger partial charge in [0.2, 0.25) is 0 Å². The molecule has 0 aliphatic heterocycles. The molecule has 0 aliphatic rings. The van der Waals surface area contributed by atoms with Gasteiger partial charge in [-0.1, -0.05) is 0 Å². The second kappa shape index (κ2) is 7.77. The van der Waals surface area contributed by atoms with Crippen LogP contribution in [-0.4, -0.2) is 24.2 Å². The Morgan fingerprint density at radius 1 is 0.647 bits per heavy atom. The zero-order valence-corrected chi connectivity index (χ0v) is 15.9. The van der Waals surface area contributed by atoms with Gasteiger partial charge in [0.15, 0.2) is 0 Å². The molecule has 0 fully saturated rings. The maximum atomic E-state index is 5.01. The van der Waals surface area contributed by atoms with Gasteiger partial charge in [-0.3, -0.25) is 0 Å². The third-order valence-corrected chi connectivity index (χ3v) is 14.2. The standard InChI is InChI=1S/3C3H8N.C3H7N.Ta/c4*1-3(2)4;/h3*3-4H,1-2H3;3H,1-2H3;/q3*-1;;+3. The average Bonchev–Trinajstić information content (AvgIpc) is 1.95. The van der Waals surface area contributed by atoms with Gasteiger partial charge in [-0.25, -0.2) is 0 Å². The molecule has 0 rings (SSSR count). The first-order valence-corrected chi connectivity index (χ1v) is 12.9. The molecule has 0 aromatic heterocycles. The Kier molecular flexibility index (Phi) is 7.96. The van der Waals surface area contributed by atoms with E-state index in [1.54, 1.807) is 0 Å². The minimum absolute atomic E-state index is 0.358. The van der Waals surface area contributed by atoms with Crippen LogP contribution in [0.2, 0.25) is 0 Å². The van der Waals surface area contributed by atoms with Crippen molar-refractivity contribution in [3.63, 3.8) is 0 Å². The molecule has 0 bridgehead atoms. The van der Waals surface area contributed by atoms with Crippen molar-refractivity contribution < 1.29 is 17.7 Å². The summed E-state index contributed by atoms with van der Waals surface area (Å²) < 4.78 is 16.2. The van der Waals surface area contributed by atoms with Gasteiger partial charge in [0.05, 0.1) is 0 Å². The van der Waals surface area contributed by atoms with E-state index in [1.165, 1.54) is 0 Å². The van der Waals surface area contributed by atoms with Crippen LogP contribution >= 0.6 is 0 Å². The van der Waals surface area contributed by atoms with E-state index in [-0.39, 0.29) is 0 Å². The first-order valence-electron chi connectivity index (χ1n) is 6.61. The van der Waals surface area contributed by atoms with Gasteiger partial charge in [0.25, 0.3) is 0 Å². The summed E-state index contributed by atoms with van der Waals surface area (Å²) >= 11 is -3.07. The molecule has 17 heavy (non-hydrogen) atoms. The molecular formula is C12H31N4Ta. The Morgan fingerprint density at radius 3 is 1.12 bits per heavy atom. The summed E-state index contributed by atoms with van der Waals surface area (Å²) in [7, 11) is 0. The molecule has 0 amide bonds. The SMILES string of the molecule is CC(C)[N]=[Ta]([NH]C(C)C)([NH]C(C)C)[NH]C(C)C. The summed E-state index contributed by atoms with van der Waals surface area (Å²) in [5.41, 5.74) is 0. The van der Waals surface area contributed by atoms with Gasteiger partial charge in [0.1, 0.15) is 0 Å². The van der Waals surface area contributed by atoms with E-state index in [4.69, 9.17) is 3.34 Å². The van der Waals surface area contributed by atoms with E-state index in [0.29, 0.717) is 24.2 Å². The topological polar surface area (TPSA) is 48.5 Å². The molecule has 0 aromatic carbocycles. The number of nitrogens with zero attached hydrogens (tertiary/aromatic N) is 1. The molecule has 0 aromatic rings. The van der Waals surface area contributed by atoms with Crippen molar-refractivity contribution in [3.8, 4) is 0 Å². The molecule has 4 nitrogen and oxygen atoms in total. The fraction of sp³-hybridized carbons (Fsp3) is 1.00. The molecule has 0 aliphatic carbocycles. The van der Waals surface area contributed by atoms with E-state index in [1.807, 2.05) is 0 Å². The van der Waals surface area contributed by atoms with Crippen LogP contribution in [0.4, 0.5) is 0 Å². The van der Waals surface area contributed by atoms with Crippen molar-refractivity contribution in [1.29, 1.82) is 0 Å². The van der Waals surface area contributed by atoms with Crippen LogP contribution in [-0.2, 0) is 17.7 Å². The second-order valence-corrected chi connectivity index (χ2v) is 13.9. The monoisotopic (exact) mass is 412 g/mol. The van der Waals surface area contributed by atoms with E-state index in [0.717, 1.165) is 0 Å². The minimum atomic E-state index is -3.07. The average molecular weight is 412 g/mol. The molecule has 0 heterocycles. The van der Waals surface area contributed by atoms with E-state index < -0.39 is 17.7 Å². The van der Waals surface area contributed by atoms with Crippen molar-refractivity contribution in [2.75, 3.05) is 0 Å². The molecular weight excluding hydrogens is 381 g/mol. The predicted octanol–water partition coefficient (Wildman–Crippen LogP) is 2.47. The van der Waals surface area contributed by atoms with Gasteiger partial charge in [-0.2, -0.15) is 0 Å². The molecule has 0 saturated heterocycles. The number of rotatable bonds is 7. The zero-order chi connectivity index (χ0) is 13.6. The fourth-order valence-electron chi connectivity index (χ4n) is 1.68. The molecule has 0 atom stereocenters. The van der Waals surface area contributed by atoms with Gasteiger partial charge in [-0.05, 0) is 0 Å². The Morgan fingerprint density at radius 2 is 0.941 bits per heavy atom. The van der Waals surface area contributed by atoms with Crippen molar-refractivity contribution in [1.82, 2.24) is 11.2 Å². The van der Waals surface area contributed by atoms with Crippen LogP contribution in [0.3, 0.4) is 0 Å². The summed E-state index contributed by atoms with van der Waals surface area (Å²) in [5, 5.41) is 0. The third kappa shape index (κ3) is 8.19. The van der Waals surface area contributed by atoms with E-state index in [9.17, 15) is 0 Å². The van der Waals surface area contributed by atoms with Gasteiger partial charge in [-0.15, -0.1) is 0 Å². The van der Waals surface area contributed by atoms with Crippen LogP contribution in [0.1, 0.15) is 55.4 Å². The van der Waals surface area contributed by atoms with Crippen LogP contribution < -0.4 is 11.2 Å². The molecule has 0 saturated carbocycles. The number of nitrogens with one attached hydrogen (secondary N) is 3. The third-order valence-electron chi connectivity index (χ3n) is 1.74. The van der Waals surface area contributed by atoms with Crippen LogP contribution in [0.25, 0.3) is 0 Å². The van der Waals surface area contributed by atoms with Gasteiger partial charge >= 0.3 is 112 Å². The molecule has 0 unspecified atom stereocenters. The summed E-state index contributed by atoms with van der Waals surface area (Å²) in [4.78, 5) is 0. The van der Waals surface area contributed by atoms with Crippen molar-refractivity contribution >= 4 is 0 Å². The quantitative estimate of drug-likeness (QED) is 0.602. The molecule has 104 valence electrons. The number of hydrogen-bond acceptors (Lipinski definition) is 1. The van der Waals surface area contributed by atoms with Crippen LogP contribution in [0.5, 0.6) is 0 Å². The Hall–Kier alpha value is 0.420. The molecule has 3 N–H and O–H groups in total. The maximum absolute atomic E-state index is 5.01. The van der Waals surface area contributed by atoms with Gasteiger partial charge < -0.3 is 0 Å². The predicted molar refractivity (Wildman–Crippen MR) is 72.4 cm³/mol. The van der Waals surface area contributed by atoms with Crippen molar-refractivity contribution in [2.45, 2.75) is 79.6 Å². The molecule has 5 heteroatoms. The van der Waals surface area contributed by atoms with Crippen LogP contribution in [0, 0.1) is 0 Å². The van der Waals surface area contributed by atoms with Crippen molar-refractivity contribution in [2.24, 2.45) is 3.34 Å². The Labute approximate surface area is 112 Å². The molecule has 0 radical (unpaired) electrons. The Balaban J connectivity index is 5.20. The summed E-state index contributed by atoms with van der Waals surface area (Å²) in [6.07, 6.45) is 0. The molecule has 0 spiro atoms. The second-order valence-electron chi connectivity index (χ2n) is 5.70. The summed E-state index contributed by atoms with van der Waals surface area (Å²) in [5.74, 6) is 0. The summed E-state index contributed by atoms with van der Waals surface area (Å²) in [6, 6.07) is 1.71. The van der Waals surface area contributed by atoms with Crippen LogP contribution in [0.15, 0.2) is 3.34 Å². The Bertz CT molecular complexity index is 226. The van der Waals surface area contributed by atoms with Crippen molar-refractivity contribution in [3.05, 3.63) is 0 Å². The first kappa shape index (κ1) is 17.4. The zero-order valence-electron chi connectivity index (χ0n) is 12.7. The van der Waals surface area contributed by atoms with E-state index in [2.05, 4.69) is 66.6 Å². The van der Waals surface area contributed by atoms with Gasteiger partial charge in [0, 0.05) is 0 Å². The normalized spacial score (nSPS) is 13.2.